The molecule has 7 nitrogen and oxygen atoms in total. The first-order valence-corrected chi connectivity index (χ1v) is 9.63. The van der Waals surface area contributed by atoms with Crippen LogP contribution in [0.15, 0.2) is 42.7 Å². The van der Waals surface area contributed by atoms with E-state index < -0.39 is 6.10 Å². The first-order chi connectivity index (χ1) is 13.1. The average Bonchev–Trinajstić information content (AvgIpc) is 3.39. The zero-order valence-corrected chi connectivity index (χ0v) is 15.5. The van der Waals surface area contributed by atoms with E-state index in [0.29, 0.717) is 29.2 Å². The summed E-state index contributed by atoms with van der Waals surface area (Å²) in [7, 11) is 0. The largest absolute Gasteiger partial charge is 0.393 e. The van der Waals surface area contributed by atoms with Crippen LogP contribution in [0.2, 0.25) is 0 Å². The lowest BCUT2D eigenvalue weighted by molar-refractivity contribution is 0.104. The molecular weight excluding hydrogens is 362 g/mol. The van der Waals surface area contributed by atoms with Gasteiger partial charge in [-0.15, -0.1) is 11.3 Å². The van der Waals surface area contributed by atoms with Gasteiger partial charge in [0.15, 0.2) is 0 Å². The van der Waals surface area contributed by atoms with Gasteiger partial charge in [0.25, 0.3) is 0 Å². The number of imidazole rings is 1. The van der Waals surface area contributed by atoms with E-state index in [9.17, 15) is 9.90 Å². The van der Waals surface area contributed by atoms with Gasteiger partial charge in [-0.25, -0.2) is 15.0 Å². The highest BCUT2D eigenvalue weighted by atomic mass is 32.1. The lowest BCUT2D eigenvalue weighted by Crippen LogP contribution is -2.20. The fourth-order valence-electron chi connectivity index (χ4n) is 3.33. The van der Waals surface area contributed by atoms with Gasteiger partial charge < -0.3 is 15.0 Å². The number of aliphatic hydroxyl groups excluding tert-OH is 1. The molecule has 0 bridgehead atoms. The molecule has 2 N–H and O–H groups in total. The molecule has 1 aliphatic rings. The zero-order valence-electron chi connectivity index (χ0n) is 14.7. The molecule has 0 aliphatic heterocycles. The Kier molecular flexibility index (Phi) is 5.00. The van der Waals surface area contributed by atoms with Crippen molar-refractivity contribution in [3.05, 3.63) is 65.6 Å². The van der Waals surface area contributed by atoms with Gasteiger partial charge in [-0.3, -0.25) is 4.79 Å². The van der Waals surface area contributed by atoms with E-state index in [-0.39, 0.29) is 17.7 Å². The molecule has 4 rings (SSSR count). The summed E-state index contributed by atoms with van der Waals surface area (Å²) in [6, 6.07) is 1.94. The highest BCUT2D eigenvalue weighted by Gasteiger charge is 2.31. The molecule has 0 spiro atoms. The number of anilines is 1. The summed E-state index contributed by atoms with van der Waals surface area (Å²) in [4.78, 5) is 25.9. The molecular formula is C19H20N5O2S. The van der Waals surface area contributed by atoms with E-state index in [0.717, 1.165) is 12.0 Å². The molecule has 1 saturated carbocycles. The lowest BCUT2D eigenvalue weighted by Gasteiger charge is -2.15. The number of rotatable bonds is 6. The van der Waals surface area contributed by atoms with Gasteiger partial charge in [0, 0.05) is 31.2 Å². The normalized spacial score (nSPS) is 22.1. The highest BCUT2D eigenvalue weighted by molar-refractivity contribution is 7.12. The fraction of sp³-hybridized carbons (Fsp3) is 0.316. The summed E-state index contributed by atoms with van der Waals surface area (Å²) >= 11 is 1.41. The molecule has 3 heterocycles. The third kappa shape index (κ3) is 3.91. The molecule has 1 aliphatic carbocycles. The molecule has 8 heteroatoms. The number of nitrogens with one attached hydrogen (secondary N) is 1. The zero-order chi connectivity index (χ0) is 18.8. The molecule has 3 aromatic rings. The monoisotopic (exact) mass is 382 g/mol. The van der Waals surface area contributed by atoms with E-state index in [4.69, 9.17) is 0 Å². The summed E-state index contributed by atoms with van der Waals surface area (Å²) in [6.07, 6.45) is 9.24. The quantitative estimate of drug-likeness (QED) is 0.636. The predicted molar refractivity (Wildman–Crippen MR) is 103 cm³/mol. The average molecular weight is 382 g/mol. The number of hydrogen-bond acceptors (Lipinski definition) is 7. The van der Waals surface area contributed by atoms with Gasteiger partial charge in [-0.05, 0) is 42.7 Å². The maximum atomic E-state index is 13.0. The van der Waals surface area contributed by atoms with Crippen LogP contribution in [0.5, 0.6) is 0 Å². The predicted octanol–water partition coefficient (Wildman–Crippen LogP) is 2.40. The lowest BCUT2D eigenvalue weighted by atomic mass is 10.1. The van der Waals surface area contributed by atoms with Crippen molar-refractivity contribution in [2.24, 2.45) is 5.92 Å². The SMILES string of the molecule is [CH2][C@@H]1C[C@@H](Nc2ncncc2C(=O)c2cc(Cn3ccnc3)cs2)C[C@@H]1O. The molecule has 1 radical (unpaired) electrons. The summed E-state index contributed by atoms with van der Waals surface area (Å²) in [5.41, 5.74) is 1.49. The van der Waals surface area contributed by atoms with Crippen LogP contribution >= 0.6 is 11.3 Å². The molecule has 1 fully saturated rings. The molecule has 0 saturated heterocycles. The Labute approximate surface area is 161 Å². The van der Waals surface area contributed by atoms with E-state index in [1.54, 1.807) is 18.7 Å². The second-order valence-electron chi connectivity index (χ2n) is 6.81. The standard InChI is InChI=1S/C19H20N5O2S/c1-12-4-14(6-16(12)25)23-19-15(7-21-10-22-19)18(26)17-5-13(9-27-17)8-24-3-2-20-11-24/h2-3,5,7,9-12,14,16,25H,1,4,6,8H2,(H,21,22,23)/t12-,14-,16+/m1/s1. The van der Waals surface area contributed by atoms with Crippen molar-refractivity contribution >= 4 is 22.9 Å². The number of thiophene rings is 1. The summed E-state index contributed by atoms with van der Waals surface area (Å²) in [5.74, 6) is 0.391. The van der Waals surface area contributed by atoms with Gasteiger partial charge in [0.2, 0.25) is 5.78 Å². The topological polar surface area (TPSA) is 92.9 Å². The van der Waals surface area contributed by atoms with E-state index in [1.807, 2.05) is 22.2 Å². The minimum Gasteiger partial charge on any atom is -0.393 e. The third-order valence-corrected chi connectivity index (χ3v) is 5.73. The Morgan fingerprint density at radius 3 is 3.04 bits per heavy atom. The summed E-state index contributed by atoms with van der Waals surface area (Å²) < 4.78 is 1.95. The van der Waals surface area contributed by atoms with E-state index in [1.165, 1.54) is 17.7 Å². The van der Waals surface area contributed by atoms with Crippen LogP contribution < -0.4 is 5.32 Å². The number of carbonyl (C=O) groups is 1. The highest BCUT2D eigenvalue weighted by Crippen LogP contribution is 2.29. The van der Waals surface area contributed by atoms with Crippen molar-refractivity contribution in [3.8, 4) is 0 Å². The first-order valence-electron chi connectivity index (χ1n) is 8.75. The van der Waals surface area contributed by atoms with Crippen molar-refractivity contribution in [3.63, 3.8) is 0 Å². The van der Waals surface area contributed by atoms with Crippen molar-refractivity contribution in [2.45, 2.75) is 31.5 Å². The number of hydrogen-bond donors (Lipinski definition) is 2. The van der Waals surface area contributed by atoms with Crippen LogP contribution in [0.1, 0.15) is 33.6 Å². The van der Waals surface area contributed by atoms with Gasteiger partial charge in [0.05, 0.1) is 22.9 Å². The number of ketones is 1. The molecule has 139 valence electrons. The molecule has 0 unspecified atom stereocenters. The summed E-state index contributed by atoms with van der Waals surface area (Å²) in [6.45, 7) is 4.63. The minimum atomic E-state index is -0.425. The Balaban J connectivity index is 1.51. The van der Waals surface area contributed by atoms with Crippen LogP contribution in [-0.2, 0) is 6.54 Å². The van der Waals surface area contributed by atoms with Crippen LogP contribution in [-0.4, -0.2) is 42.6 Å². The Bertz CT molecular complexity index is 914. The maximum Gasteiger partial charge on any atom is 0.208 e. The van der Waals surface area contributed by atoms with E-state index in [2.05, 4.69) is 27.2 Å². The third-order valence-electron chi connectivity index (χ3n) is 4.76. The Hall–Kier alpha value is -2.58. The second kappa shape index (κ2) is 7.58. The first kappa shape index (κ1) is 17.8. The van der Waals surface area contributed by atoms with Crippen LogP contribution in [0.25, 0.3) is 0 Å². The van der Waals surface area contributed by atoms with Gasteiger partial charge >= 0.3 is 0 Å². The Morgan fingerprint density at radius 1 is 1.41 bits per heavy atom. The molecule has 0 amide bonds. The number of aliphatic hydroxyl groups is 1. The van der Waals surface area contributed by atoms with Gasteiger partial charge in [-0.2, -0.15) is 0 Å². The van der Waals surface area contributed by atoms with Gasteiger partial charge in [0.1, 0.15) is 12.1 Å². The van der Waals surface area contributed by atoms with E-state index >= 15 is 0 Å². The van der Waals surface area contributed by atoms with Crippen LogP contribution in [0.4, 0.5) is 5.82 Å². The van der Waals surface area contributed by atoms with Crippen LogP contribution in [0.3, 0.4) is 0 Å². The fourth-order valence-corrected chi connectivity index (χ4v) is 4.18. The van der Waals surface area contributed by atoms with Crippen molar-refractivity contribution in [2.75, 3.05) is 5.32 Å². The van der Waals surface area contributed by atoms with Crippen molar-refractivity contribution in [1.29, 1.82) is 0 Å². The molecule has 3 atom stereocenters. The van der Waals surface area contributed by atoms with Crippen LogP contribution in [0, 0.1) is 12.8 Å². The second-order valence-corrected chi connectivity index (χ2v) is 7.72. The maximum absolute atomic E-state index is 13.0. The molecule has 0 aromatic carbocycles. The van der Waals surface area contributed by atoms with Crippen molar-refractivity contribution in [1.82, 2.24) is 19.5 Å². The van der Waals surface area contributed by atoms with Crippen molar-refractivity contribution < 1.29 is 9.90 Å². The smallest absolute Gasteiger partial charge is 0.208 e. The number of nitrogens with zero attached hydrogens (tertiary/aromatic N) is 4. The summed E-state index contributed by atoms with van der Waals surface area (Å²) in [5, 5.41) is 15.2. The van der Waals surface area contributed by atoms with Gasteiger partial charge in [-0.1, -0.05) is 0 Å². The minimum absolute atomic E-state index is 0.00785. The number of carbonyl (C=O) groups excluding carboxylic acids is 1. The molecule has 27 heavy (non-hydrogen) atoms. The Morgan fingerprint density at radius 2 is 2.30 bits per heavy atom. The number of aromatic nitrogens is 4. The molecule has 3 aromatic heterocycles.